The van der Waals surface area contributed by atoms with Crippen molar-refractivity contribution in [3.63, 3.8) is 0 Å². The maximum absolute atomic E-state index is 4.53. The van der Waals surface area contributed by atoms with Crippen LogP contribution in [0.4, 0.5) is 5.82 Å². The Morgan fingerprint density at radius 1 is 1.40 bits per heavy atom. The molecule has 0 radical (unpaired) electrons. The van der Waals surface area contributed by atoms with Gasteiger partial charge in [0.15, 0.2) is 0 Å². The van der Waals surface area contributed by atoms with E-state index >= 15 is 0 Å². The van der Waals surface area contributed by atoms with Crippen LogP contribution in [-0.4, -0.2) is 41.5 Å². The zero-order valence-electron chi connectivity index (χ0n) is 9.07. The molecule has 82 valence electrons. The van der Waals surface area contributed by atoms with E-state index in [1.54, 1.807) is 0 Å². The summed E-state index contributed by atoms with van der Waals surface area (Å²) in [7, 11) is 1.91. The van der Waals surface area contributed by atoms with Crippen molar-refractivity contribution < 1.29 is 0 Å². The van der Waals surface area contributed by atoms with Gasteiger partial charge in [-0.15, -0.1) is 0 Å². The molecular weight excluding hydrogens is 206 g/mol. The molecule has 3 nitrogen and oxygen atoms in total. The minimum absolute atomic E-state index is 0.957. The van der Waals surface area contributed by atoms with Gasteiger partial charge in [-0.3, -0.25) is 4.90 Å². The number of pyridine rings is 1. The van der Waals surface area contributed by atoms with Crippen LogP contribution in [0.15, 0.2) is 18.2 Å². The molecule has 2 rings (SSSR count). The maximum atomic E-state index is 4.53. The second-order valence-corrected chi connectivity index (χ2v) is 4.88. The van der Waals surface area contributed by atoms with E-state index in [0.717, 1.165) is 18.1 Å². The summed E-state index contributed by atoms with van der Waals surface area (Å²) >= 11 is 2.04. The number of anilines is 1. The summed E-state index contributed by atoms with van der Waals surface area (Å²) < 4.78 is 0. The van der Waals surface area contributed by atoms with Gasteiger partial charge in [0.05, 0.1) is 5.69 Å². The summed E-state index contributed by atoms with van der Waals surface area (Å²) in [4.78, 5) is 7.00. The Bertz CT molecular complexity index is 310. The van der Waals surface area contributed by atoms with E-state index in [9.17, 15) is 0 Å². The number of hydrogen-bond acceptors (Lipinski definition) is 4. The van der Waals surface area contributed by atoms with E-state index in [0.29, 0.717) is 0 Å². The Kier molecular flexibility index (Phi) is 3.86. The molecule has 0 spiro atoms. The first-order valence-corrected chi connectivity index (χ1v) is 6.48. The Morgan fingerprint density at radius 2 is 2.20 bits per heavy atom. The molecule has 1 saturated heterocycles. The predicted octanol–water partition coefficient (Wildman–Crippen LogP) is 1.67. The Labute approximate surface area is 95.3 Å². The monoisotopic (exact) mass is 223 g/mol. The average molecular weight is 223 g/mol. The SMILES string of the molecule is CNc1cccc(CN2CCSCC2)n1. The number of nitrogens with zero attached hydrogens (tertiary/aromatic N) is 2. The van der Waals surface area contributed by atoms with Crippen LogP contribution in [0.25, 0.3) is 0 Å². The van der Waals surface area contributed by atoms with Crippen molar-refractivity contribution in [2.24, 2.45) is 0 Å². The zero-order valence-corrected chi connectivity index (χ0v) is 9.89. The summed E-state index contributed by atoms with van der Waals surface area (Å²) in [5, 5.41) is 3.07. The molecule has 0 unspecified atom stereocenters. The molecule has 0 saturated carbocycles. The van der Waals surface area contributed by atoms with Crippen LogP contribution in [0.1, 0.15) is 5.69 Å². The Morgan fingerprint density at radius 3 is 2.93 bits per heavy atom. The second-order valence-electron chi connectivity index (χ2n) is 3.65. The highest BCUT2D eigenvalue weighted by atomic mass is 32.2. The van der Waals surface area contributed by atoms with Gasteiger partial charge in [0.2, 0.25) is 0 Å². The van der Waals surface area contributed by atoms with Gasteiger partial charge in [-0.2, -0.15) is 11.8 Å². The molecule has 1 aromatic heterocycles. The topological polar surface area (TPSA) is 28.2 Å². The first-order chi connectivity index (χ1) is 7.38. The first-order valence-electron chi connectivity index (χ1n) is 5.32. The predicted molar refractivity (Wildman–Crippen MR) is 66.4 cm³/mol. The molecule has 2 heterocycles. The standard InChI is InChI=1S/C11H17N3S/c1-12-11-4-2-3-10(13-11)9-14-5-7-15-8-6-14/h2-4H,5-9H2,1H3,(H,12,13). The lowest BCUT2D eigenvalue weighted by Gasteiger charge is -2.25. The van der Waals surface area contributed by atoms with Crippen LogP contribution < -0.4 is 5.32 Å². The highest BCUT2D eigenvalue weighted by molar-refractivity contribution is 7.99. The van der Waals surface area contributed by atoms with E-state index in [1.165, 1.54) is 24.6 Å². The quantitative estimate of drug-likeness (QED) is 0.844. The molecule has 0 bridgehead atoms. The second kappa shape index (κ2) is 5.37. The van der Waals surface area contributed by atoms with Crippen molar-refractivity contribution in [3.05, 3.63) is 23.9 Å². The summed E-state index contributed by atoms with van der Waals surface area (Å²) in [5.74, 6) is 3.47. The molecule has 1 aliphatic heterocycles. The lowest BCUT2D eigenvalue weighted by Crippen LogP contribution is -2.32. The number of hydrogen-bond donors (Lipinski definition) is 1. The van der Waals surface area contributed by atoms with Crippen molar-refractivity contribution in [3.8, 4) is 0 Å². The molecule has 0 atom stereocenters. The van der Waals surface area contributed by atoms with Gasteiger partial charge in [0, 0.05) is 38.2 Å². The van der Waals surface area contributed by atoms with E-state index < -0.39 is 0 Å². The van der Waals surface area contributed by atoms with E-state index in [4.69, 9.17) is 0 Å². The van der Waals surface area contributed by atoms with Crippen LogP contribution in [0.5, 0.6) is 0 Å². The summed E-state index contributed by atoms with van der Waals surface area (Å²) in [6, 6.07) is 6.16. The Hall–Kier alpha value is -0.740. The number of rotatable bonds is 3. The van der Waals surface area contributed by atoms with Gasteiger partial charge in [-0.1, -0.05) is 6.07 Å². The summed E-state index contributed by atoms with van der Waals surface area (Å²) in [5.41, 5.74) is 1.16. The largest absolute Gasteiger partial charge is 0.373 e. The van der Waals surface area contributed by atoms with Crippen molar-refractivity contribution in [2.75, 3.05) is 37.0 Å². The smallest absolute Gasteiger partial charge is 0.126 e. The fourth-order valence-corrected chi connectivity index (χ4v) is 2.67. The number of aromatic nitrogens is 1. The van der Waals surface area contributed by atoms with Gasteiger partial charge in [-0.25, -0.2) is 4.98 Å². The summed E-state index contributed by atoms with van der Waals surface area (Å²) in [6.07, 6.45) is 0. The first kappa shape index (κ1) is 10.8. The molecule has 0 aromatic carbocycles. The molecule has 0 aliphatic carbocycles. The van der Waals surface area contributed by atoms with Crippen LogP contribution in [0.3, 0.4) is 0 Å². The van der Waals surface area contributed by atoms with Crippen LogP contribution >= 0.6 is 11.8 Å². The fourth-order valence-electron chi connectivity index (χ4n) is 1.70. The molecule has 1 aliphatic rings. The third kappa shape index (κ3) is 3.11. The minimum Gasteiger partial charge on any atom is -0.373 e. The maximum Gasteiger partial charge on any atom is 0.126 e. The van der Waals surface area contributed by atoms with Gasteiger partial charge < -0.3 is 5.32 Å². The highest BCUT2D eigenvalue weighted by Crippen LogP contribution is 2.12. The summed E-state index contributed by atoms with van der Waals surface area (Å²) in [6.45, 7) is 3.36. The van der Waals surface area contributed by atoms with E-state index in [2.05, 4.69) is 27.3 Å². The molecule has 4 heteroatoms. The third-order valence-electron chi connectivity index (χ3n) is 2.55. The lowest BCUT2D eigenvalue weighted by atomic mass is 10.3. The molecule has 1 fully saturated rings. The van der Waals surface area contributed by atoms with Gasteiger partial charge in [-0.05, 0) is 12.1 Å². The highest BCUT2D eigenvalue weighted by Gasteiger charge is 2.11. The fraction of sp³-hybridized carbons (Fsp3) is 0.545. The molecule has 15 heavy (non-hydrogen) atoms. The normalized spacial score (nSPS) is 17.7. The number of nitrogens with one attached hydrogen (secondary N) is 1. The van der Waals surface area contributed by atoms with Gasteiger partial charge in [0.1, 0.15) is 5.82 Å². The van der Waals surface area contributed by atoms with Crippen molar-refractivity contribution in [1.29, 1.82) is 0 Å². The molecule has 0 amide bonds. The van der Waals surface area contributed by atoms with Gasteiger partial charge in [0.25, 0.3) is 0 Å². The average Bonchev–Trinajstić information content (AvgIpc) is 2.31. The van der Waals surface area contributed by atoms with E-state index in [-0.39, 0.29) is 0 Å². The Balaban J connectivity index is 1.96. The molecular formula is C11H17N3S. The molecule has 1 N–H and O–H groups in total. The zero-order chi connectivity index (χ0) is 10.5. The third-order valence-corrected chi connectivity index (χ3v) is 3.49. The van der Waals surface area contributed by atoms with Crippen molar-refractivity contribution in [1.82, 2.24) is 9.88 Å². The van der Waals surface area contributed by atoms with Crippen molar-refractivity contribution >= 4 is 17.6 Å². The minimum atomic E-state index is 0.957. The van der Waals surface area contributed by atoms with Crippen LogP contribution in [0, 0.1) is 0 Å². The van der Waals surface area contributed by atoms with Gasteiger partial charge >= 0.3 is 0 Å². The van der Waals surface area contributed by atoms with Crippen molar-refractivity contribution in [2.45, 2.75) is 6.54 Å². The van der Waals surface area contributed by atoms with E-state index in [1.807, 2.05) is 24.9 Å². The number of thioether (sulfide) groups is 1. The molecule has 1 aromatic rings. The lowest BCUT2D eigenvalue weighted by molar-refractivity contribution is 0.291. The van der Waals surface area contributed by atoms with Crippen LogP contribution in [-0.2, 0) is 6.54 Å². The van der Waals surface area contributed by atoms with Crippen LogP contribution in [0.2, 0.25) is 0 Å².